The van der Waals surface area contributed by atoms with E-state index in [2.05, 4.69) is 5.32 Å². The number of benzene rings is 3. The van der Waals surface area contributed by atoms with Crippen LogP contribution in [0.25, 0.3) is 11.1 Å². The van der Waals surface area contributed by atoms with E-state index < -0.39 is 33.5 Å². The molecule has 198 valence electrons. The summed E-state index contributed by atoms with van der Waals surface area (Å²) in [6.45, 7) is 3.79. The van der Waals surface area contributed by atoms with Crippen molar-refractivity contribution in [3.05, 3.63) is 88.7 Å². The van der Waals surface area contributed by atoms with Gasteiger partial charge in [-0.3, -0.25) is 0 Å². The highest BCUT2D eigenvalue weighted by Crippen LogP contribution is 2.25. The standard InChI is InChI=1S/C27H30ClFN2O5S/c1-27(2,15-18-7-12-24(28)25(29)13-18)30-16-22(32)17-31(3)37(35,36)23-6-4-5-21(14-23)19-8-10-20(11-9-19)26(33)34/h4-14,22,30,32H,15-17H2,1-3H3,(H,33,34)/t22-/m1/s1. The zero-order chi connectivity index (χ0) is 27.4. The Kier molecular flexibility index (Phi) is 9.09. The lowest BCUT2D eigenvalue weighted by molar-refractivity contribution is 0.0697. The van der Waals surface area contributed by atoms with Gasteiger partial charge in [0.2, 0.25) is 10.0 Å². The highest BCUT2D eigenvalue weighted by Gasteiger charge is 2.25. The van der Waals surface area contributed by atoms with Crippen molar-refractivity contribution in [3.63, 3.8) is 0 Å². The molecule has 3 N–H and O–H groups in total. The van der Waals surface area contributed by atoms with E-state index in [1.807, 2.05) is 13.8 Å². The Labute approximate surface area is 221 Å². The van der Waals surface area contributed by atoms with Gasteiger partial charge in [0.15, 0.2) is 0 Å². The molecule has 3 aromatic carbocycles. The lowest BCUT2D eigenvalue weighted by atomic mass is 9.94. The van der Waals surface area contributed by atoms with Crippen molar-refractivity contribution >= 4 is 27.6 Å². The number of carbonyl (C=O) groups is 1. The van der Waals surface area contributed by atoms with Crippen molar-refractivity contribution in [1.82, 2.24) is 9.62 Å². The molecule has 0 radical (unpaired) electrons. The highest BCUT2D eigenvalue weighted by atomic mass is 35.5. The van der Waals surface area contributed by atoms with Gasteiger partial charge in [0.1, 0.15) is 5.82 Å². The van der Waals surface area contributed by atoms with Crippen molar-refractivity contribution in [3.8, 4) is 11.1 Å². The molecule has 7 nitrogen and oxygen atoms in total. The van der Waals surface area contributed by atoms with Crippen LogP contribution in [0.15, 0.2) is 71.6 Å². The minimum absolute atomic E-state index is 0.0517. The van der Waals surface area contributed by atoms with E-state index in [9.17, 15) is 22.7 Å². The molecule has 3 rings (SSSR count). The molecule has 1 atom stereocenters. The van der Waals surface area contributed by atoms with Gasteiger partial charge in [0.05, 0.1) is 21.6 Å². The predicted octanol–water partition coefficient (Wildman–Crippen LogP) is 4.44. The topological polar surface area (TPSA) is 107 Å². The number of carboxylic acids is 1. The zero-order valence-corrected chi connectivity index (χ0v) is 22.4. The molecule has 3 aromatic rings. The smallest absolute Gasteiger partial charge is 0.335 e. The van der Waals surface area contributed by atoms with Crippen LogP contribution in [0.1, 0.15) is 29.8 Å². The maximum absolute atomic E-state index is 13.8. The number of β-amino-alcohol motifs (C(OH)–C–C–N with tert-alkyl or cyclic N) is 1. The molecule has 0 spiro atoms. The molecule has 0 saturated carbocycles. The SMILES string of the molecule is CN(C[C@H](O)CNC(C)(C)Cc1ccc(Cl)c(F)c1)S(=O)(=O)c1cccc(-c2ccc(C(=O)O)cc2)c1. The number of aliphatic hydroxyl groups is 1. The summed E-state index contributed by atoms with van der Waals surface area (Å²) in [5.74, 6) is -1.54. The number of halogens is 2. The molecule has 0 heterocycles. The molecule has 0 saturated heterocycles. The summed E-state index contributed by atoms with van der Waals surface area (Å²) in [5, 5.41) is 22.9. The van der Waals surface area contributed by atoms with Crippen LogP contribution in [0, 0.1) is 5.82 Å². The molecular formula is C27H30ClFN2O5S. The van der Waals surface area contributed by atoms with E-state index in [-0.39, 0.29) is 28.6 Å². The van der Waals surface area contributed by atoms with Crippen LogP contribution in [0.3, 0.4) is 0 Å². The van der Waals surface area contributed by atoms with E-state index in [1.165, 1.54) is 43.4 Å². The summed E-state index contributed by atoms with van der Waals surface area (Å²) in [5.41, 5.74) is 1.68. The molecule has 0 bridgehead atoms. The number of aliphatic hydroxyl groups excluding tert-OH is 1. The third kappa shape index (κ3) is 7.59. The third-order valence-electron chi connectivity index (χ3n) is 5.92. The number of likely N-dealkylation sites (N-methyl/N-ethyl adjacent to an activating group) is 1. The third-order valence-corrected chi connectivity index (χ3v) is 8.05. The van der Waals surface area contributed by atoms with Crippen LogP contribution < -0.4 is 5.32 Å². The van der Waals surface area contributed by atoms with Crippen LogP contribution in [0.2, 0.25) is 5.02 Å². The Bertz CT molecular complexity index is 1360. The summed E-state index contributed by atoms with van der Waals surface area (Å²) in [7, 11) is -2.50. The largest absolute Gasteiger partial charge is 0.478 e. The second-order valence-electron chi connectivity index (χ2n) is 9.54. The van der Waals surface area contributed by atoms with Crippen molar-refractivity contribution in [2.45, 2.75) is 36.8 Å². The van der Waals surface area contributed by atoms with E-state index in [4.69, 9.17) is 16.7 Å². The van der Waals surface area contributed by atoms with Gasteiger partial charge in [-0.25, -0.2) is 17.6 Å². The van der Waals surface area contributed by atoms with Gasteiger partial charge in [-0.2, -0.15) is 4.31 Å². The average Bonchev–Trinajstić information content (AvgIpc) is 2.85. The maximum atomic E-state index is 13.8. The van der Waals surface area contributed by atoms with Crippen molar-refractivity contribution in [1.29, 1.82) is 0 Å². The van der Waals surface area contributed by atoms with Crippen molar-refractivity contribution in [2.75, 3.05) is 20.1 Å². The fourth-order valence-electron chi connectivity index (χ4n) is 3.90. The number of rotatable bonds is 11. The molecule has 0 aliphatic rings. The molecule has 0 unspecified atom stereocenters. The van der Waals surface area contributed by atoms with Crippen molar-refractivity contribution in [2.24, 2.45) is 0 Å². The molecule has 0 aliphatic heterocycles. The number of sulfonamides is 1. The van der Waals surface area contributed by atoms with Crippen LogP contribution >= 0.6 is 11.6 Å². The number of hydrogen-bond donors (Lipinski definition) is 3. The summed E-state index contributed by atoms with van der Waals surface area (Å²) in [4.78, 5) is 11.1. The van der Waals surface area contributed by atoms with Crippen LogP contribution in [0.4, 0.5) is 4.39 Å². The van der Waals surface area contributed by atoms with Gasteiger partial charge in [-0.05, 0) is 73.4 Å². The molecule has 0 fully saturated rings. The van der Waals surface area contributed by atoms with E-state index in [0.29, 0.717) is 17.5 Å². The summed E-state index contributed by atoms with van der Waals surface area (Å²) in [6.07, 6.45) is -0.518. The number of aromatic carboxylic acids is 1. The van der Waals surface area contributed by atoms with Crippen LogP contribution in [0.5, 0.6) is 0 Å². The molecule has 37 heavy (non-hydrogen) atoms. The molecule has 0 aliphatic carbocycles. The maximum Gasteiger partial charge on any atom is 0.335 e. The highest BCUT2D eigenvalue weighted by molar-refractivity contribution is 7.89. The first-order valence-corrected chi connectivity index (χ1v) is 13.4. The summed E-state index contributed by atoms with van der Waals surface area (Å²) < 4.78 is 41.2. The van der Waals surface area contributed by atoms with Gasteiger partial charge in [-0.15, -0.1) is 0 Å². The lowest BCUT2D eigenvalue weighted by Crippen LogP contribution is -2.47. The Morgan fingerprint density at radius 2 is 1.76 bits per heavy atom. The number of carboxylic acid groups (broad SMARTS) is 1. The second kappa shape index (κ2) is 11.7. The van der Waals surface area contributed by atoms with E-state index in [0.717, 1.165) is 9.87 Å². The Morgan fingerprint density at radius 1 is 1.08 bits per heavy atom. The lowest BCUT2D eigenvalue weighted by Gasteiger charge is -2.29. The van der Waals surface area contributed by atoms with E-state index in [1.54, 1.807) is 30.3 Å². The second-order valence-corrected chi connectivity index (χ2v) is 12.0. The van der Waals surface area contributed by atoms with Crippen LogP contribution in [-0.2, 0) is 16.4 Å². The molecular weight excluding hydrogens is 519 g/mol. The summed E-state index contributed by atoms with van der Waals surface area (Å²) >= 11 is 5.74. The first kappa shape index (κ1) is 28.7. The van der Waals surface area contributed by atoms with Gasteiger partial charge in [0.25, 0.3) is 0 Å². The Hall–Kier alpha value is -2.82. The quantitative estimate of drug-likeness (QED) is 0.327. The minimum atomic E-state index is -3.90. The number of nitrogens with zero attached hydrogens (tertiary/aromatic N) is 1. The number of nitrogens with one attached hydrogen (secondary N) is 1. The first-order chi connectivity index (χ1) is 17.3. The van der Waals surface area contributed by atoms with Gasteiger partial charge >= 0.3 is 5.97 Å². The normalized spacial score (nSPS) is 13.1. The molecule has 10 heteroatoms. The van der Waals surface area contributed by atoms with Gasteiger partial charge in [0, 0.05) is 25.7 Å². The van der Waals surface area contributed by atoms with E-state index >= 15 is 0 Å². The fraction of sp³-hybridized carbons (Fsp3) is 0.296. The zero-order valence-electron chi connectivity index (χ0n) is 20.8. The Balaban J connectivity index is 1.63. The molecule has 0 aromatic heterocycles. The average molecular weight is 549 g/mol. The van der Waals surface area contributed by atoms with Gasteiger partial charge in [-0.1, -0.05) is 41.9 Å². The minimum Gasteiger partial charge on any atom is -0.478 e. The monoisotopic (exact) mass is 548 g/mol. The van der Waals surface area contributed by atoms with Gasteiger partial charge < -0.3 is 15.5 Å². The molecule has 0 amide bonds. The van der Waals surface area contributed by atoms with Crippen LogP contribution in [-0.4, -0.2) is 60.7 Å². The first-order valence-electron chi connectivity index (χ1n) is 11.6. The van der Waals surface area contributed by atoms with Crippen molar-refractivity contribution < 1.29 is 27.8 Å². The summed E-state index contributed by atoms with van der Waals surface area (Å²) in [6, 6.07) is 17.1. The Morgan fingerprint density at radius 3 is 2.38 bits per heavy atom. The number of hydrogen-bond acceptors (Lipinski definition) is 5. The predicted molar refractivity (Wildman–Crippen MR) is 142 cm³/mol. The fourth-order valence-corrected chi connectivity index (χ4v) is 5.27.